The van der Waals surface area contributed by atoms with E-state index in [9.17, 15) is 20.5 Å². The number of nitrogens with zero attached hydrogens (tertiary/aromatic N) is 3. The lowest BCUT2D eigenvalue weighted by atomic mass is 10.3. The van der Waals surface area contributed by atoms with Crippen LogP contribution in [0.5, 0.6) is 0 Å². The van der Waals surface area contributed by atoms with Gasteiger partial charge < -0.3 is 10.4 Å². The van der Waals surface area contributed by atoms with E-state index < -0.39 is 4.92 Å². The Labute approximate surface area is 122 Å². The van der Waals surface area contributed by atoms with Crippen LogP contribution in [0.2, 0.25) is 0 Å². The van der Waals surface area contributed by atoms with Gasteiger partial charge in [-0.15, -0.1) is 0 Å². The monoisotopic (exact) mass is 311 g/mol. The van der Waals surface area contributed by atoms with Gasteiger partial charge in [0.25, 0.3) is 16.2 Å². The first kappa shape index (κ1) is 14.4. The first-order chi connectivity index (χ1) is 9.47. The normalized spacial score (nSPS) is 10.4. The van der Waals surface area contributed by atoms with E-state index in [4.69, 9.17) is 0 Å². The van der Waals surface area contributed by atoms with Crippen molar-refractivity contribution in [3.05, 3.63) is 62.8 Å². The summed E-state index contributed by atoms with van der Waals surface area (Å²) < 4.78 is 1.13. The number of rotatable bonds is 4. The van der Waals surface area contributed by atoms with Crippen LogP contribution < -0.4 is 9.46 Å². The molecule has 0 bridgehead atoms. The maximum atomic E-state index is 11.6. The molecule has 104 valence electrons. The van der Waals surface area contributed by atoms with Crippen molar-refractivity contribution >= 4 is 27.3 Å². The number of aryl methyl sites for hydroxylation is 1. The number of pyridine rings is 2. The molecule has 0 aliphatic carbocycles. The highest BCUT2D eigenvalue weighted by molar-refractivity contribution is 8.76. The molecule has 0 radical (unpaired) electrons. The van der Waals surface area contributed by atoms with Crippen LogP contribution in [0.3, 0.4) is 0 Å². The van der Waals surface area contributed by atoms with Gasteiger partial charge in [0.1, 0.15) is 0 Å². The summed E-state index contributed by atoms with van der Waals surface area (Å²) in [7, 11) is 2.18. The molecule has 0 saturated carbocycles. The highest BCUT2D eigenvalue weighted by Gasteiger charge is 2.16. The van der Waals surface area contributed by atoms with Gasteiger partial charge in [0.05, 0.1) is 4.92 Å². The molecule has 9 heteroatoms. The first-order valence-electron chi connectivity index (χ1n) is 5.39. The molecule has 2 rings (SSSR count). The van der Waals surface area contributed by atoms with Crippen molar-refractivity contribution in [1.29, 1.82) is 0 Å². The first-order valence-corrected chi connectivity index (χ1v) is 7.54. The second-order valence-corrected chi connectivity index (χ2v) is 6.02. The fraction of sp³-hybridized carbons (Fsp3) is 0.0909. The minimum atomic E-state index is -0.637. The fourth-order valence-corrected chi connectivity index (χ4v) is 3.30. The number of hydrogen-bond donors (Lipinski definition) is 0. The van der Waals surface area contributed by atoms with Gasteiger partial charge in [-0.05, 0) is 13.0 Å². The zero-order valence-corrected chi connectivity index (χ0v) is 11.9. The Hall–Kier alpha value is -2.00. The Kier molecular flexibility index (Phi) is 4.30. The van der Waals surface area contributed by atoms with Gasteiger partial charge in [0.2, 0.25) is 0 Å². The molecule has 0 aliphatic rings. The van der Waals surface area contributed by atoms with Crippen molar-refractivity contribution in [3.63, 3.8) is 0 Å². The van der Waals surface area contributed by atoms with Crippen LogP contribution in [0.15, 0.2) is 46.7 Å². The smallest absolute Gasteiger partial charge is 0.333 e. The second kappa shape index (κ2) is 5.97. The van der Waals surface area contributed by atoms with Crippen LogP contribution in [-0.2, 0) is 0 Å². The lowest BCUT2D eigenvalue weighted by molar-refractivity contribution is -0.648. The van der Waals surface area contributed by atoms with Gasteiger partial charge in [-0.2, -0.15) is 9.46 Å². The van der Waals surface area contributed by atoms with Gasteiger partial charge in [-0.1, -0.05) is 0 Å². The van der Waals surface area contributed by atoms with Gasteiger partial charge >= 0.3 is 5.69 Å². The average Bonchev–Trinajstić information content (AvgIpc) is 2.38. The summed E-state index contributed by atoms with van der Waals surface area (Å²) in [6.07, 6.45) is 2.33. The van der Waals surface area contributed by atoms with E-state index in [0.29, 0.717) is 14.5 Å². The molecule has 2 aromatic rings. The maximum absolute atomic E-state index is 11.6. The molecular formula is C11H9N3O4S2. The van der Waals surface area contributed by atoms with Crippen molar-refractivity contribution in [1.82, 2.24) is 0 Å². The van der Waals surface area contributed by atoms with Crippen LogP contribution in [0.1, 0.15) is 5.56 Å². The molecule has 20 heavy (non-hydrogen) atoms. The molecule has 0 unspecified atom stereocenters. The number of aromatic nitrogens is 2. The van der Waals surface area contributed by atoms with Gasteiger partial charge in [0.15, 0.2) is 6.20 Å². The Bertz CT molecular complexity index is 666. The summed E-state index contributed by atoms with van der Waals surface area (Å²) >= 11 is 0. The van der Waals surface area contributed by atoms with Crippen molar-refractivity contribution in [2.75, 3.05) is 0 Å². The molecular weight excluding hydrogens is 302 g/mol. The van der Waals surface area contributed by atoms with Crippen LogP contribution in [0.25, 0.3) is 0 Å². The molecule has 0 spiro atoms. The molecule has 0 fully saturated rings. The van der Waals surface area contributed by atoms with Crippen molar-refractivity contribution in [3.8, 4) is 0 Å². The fourth-order valence-electron chi connectivity index (χ4n) is 1.35. The molecule has 2 heterocycles. The van der Waals surface area contributed by atoms with E-state index in [0.717, 1.165) is 33.3 Å². The molecule has 7 nitrogen and oxygen atoms in total. The van der Waals surface area contributed by atoms with Crippen LogP contribution >= 0.6 is 21.6 Å². The summed E-state index contributed by atoms with van der Waals surface area (Å²) in [5.74, 6) is 0. The SMILES string of the molecule is Cc1ccc(SSc2ccc([N+](=O)[O-])c[n+]2[O-])[n+]([O-])c1. The quantitative estimate of drug-likeness (QED) is 0.281. The Morgan fingerprint density at radius 3 is 2.05 bits per heavy atom. The van der Waals surface area contributed by atoms with E-state index in [2.05, 4.69) is 0 Å². The summed E-state index contributed by atoms with van der Waals surface area (Å²) in [6.45, 7) is 1.80. The summed E-state index contributed by atoms with van der Waals surface area (Å²) in [6, 6.07) is 6.04. The predicted octanol–water partition coefficient (Wildman–Crippen LogP) is 1.97. The van der Waals surface area contributed by atoms with Crippen LogP contribution in [-0.4, -0.2) is 4.92 Å². The molecule has 0 amide bonds. The molecule has 2 aromatic heterocycles. The molecule has 0 aromatic carbocycles. The lowest BCUT2D eigenvalue weighted by Gasteiger charge is -2.04. The van der Waals surface area contributed by atoms with Gasteiger partial charge in [-0.25, -0.2) is 0 Å². The highest BCUT2D eigenvalue weighted by atomic mass is 33.1. The third kappa shape index (κ3) is 3.31. The average molecular weight is 311 g/mol. The van der Waals surface area contributed by atoms with Crippen molar-refractivity contribution in [2.45, 2.75) is 17.0 Å². The third-order valence-electron chi connectivity index (χ3n) is 2.31. The molecule has 0 N–H and O–H groups in total. The third-order valence-corrected chi connectivity index (χ3v) is 4.65. The number of hydrogen-bond acceptors (Lipinski definition) is 6. The zero-order valence-electron chi connectivity index (χ0n) is 10.3. The minimum Gasteiger partial charge on any atom is -0.618 e. The number of nitro groups is 1. The summed E-state index contributed by atoms with van der Waals surface area (Å²) in [5, 5.41) is 34.4. The second-order valence-electron chi connectivity index (χ2n) is 3.85. The van der Waals surface area contributed by atoms with Crippen molar-refractivity contribution < 1.29 is 14.4 Å². The van der Waals surface area contributed by atoms with Crippen LogP contribution in [0.4, 0.5) is 5.69 Å². The Morgan fingerprint density at radius 1 is 1.00 bits per heavy atom. The van der Waals surface area contributed by atoms with E-state index in [-0.39, 0.29) is 10.7 Å². The minimum absolute atomic E-state index is 0.265. The largest absolute Gasteiger partial charge is 0.618 e. The Balaban J connectivity index is 2.13. The summed E-state index contributed by atoms with van der Waals surface area (Å²) in [5.41, 5.74) is 0.562. The van der Waals surface area contributed by atoms with Gasteiger partial charge in [0, 0.05) is 45.4 Å². The van der Waals surface area contributed by atoms with E-state index >= 15 is 0 Å². The molecule has 0 atom stereocenters. The van der Waals surface area contributed by atoms with E-state index in [1.165, 1.54) is 18.3 Å². The highest BCUT2D eigenvalue weighted by Crippen LogP contribution is 2.34. The van der Waals surface area contributed by atoms with Gasteiger partial charge in [-0.3, -0.25) is 10.1 Å². The summed E-state index contributed by atoms with van der Waals surface area (Å²) in [4.78, 5) is 9.88. The van der Waals surface area contributed by atoms with Crippen molar-refractivity contribution in [2.24, 2.45) is 0 Å². The van der Waals surface area contributed by atoms with Crippen LogP contribution in [0, 0.1) is 27.5 Å². The zero-order chi connectivity index (χ0) is 14.7. The topological polar surface area (TPSA) is 97.0 Å². The standard InChI is InChI=1S/C11H9N3O4S2/c1-8-2-4-10(12(15)6-8)19-20-11-5-3-9(14(17)18)7-13(11)16/h2-7H,1H3. The molecule has 0 saturated heterocycles. The van der Waals surface area contributed by atoms with E-state index in [1.54, 1.807) is 19.1 Å². The molecule has 0 aliphatic heterocycles. The van der Waals surface area contributed by atoms with E-state index in [1.807, 2.05) is 0 Å². The lowest BCUT2D eigenvalue weighted by Crippen LogP contribution is -2.29. The predicted molar refractivity (Wildman–Crippen MR) is 73.9 cm³/mol. The Morgan fingerprint density at radius 2 is 1.55 bits per heavy atom. The maximum Gasteiger partial charge on any atom is 0.333 e.